The summed E-state index contributed by atoms with van der Waals surface area (Å²) in [6.45, 7) is 8.63. The third kappa shape index (κ3) is 5.56. The zero-order valence-electron chi connectivity index (χ0n) is 15.7. The molecule has 0 saturated carbocycles. The quantitative estimate of drug-likeness (QED) is 0.564. The molecule has 0 unspecified atom stereocenters. The van der Waals surface area contributed by atoms with E-state index < -0.39 is 0 Å². The van der Waals surface area contributed by atoms with Gasteiger partial charge in [0.2, 0.25) is 0 Å². The number of amides is 1. The number of hydrazone groups is 1. The van der Waals surface area contributed by atoms with Gasteiger partial charge in [-0.25, -0.2) is 5.43 Å². The monoisotopic (exact) mass is 336 g/mol. The summed E-state index contributed by atoms with van der Waals surface area (Å²) in [7, 11) is 0. The van der Waals surface area contributed by atoms with Gasteiger partial charge in [-0.1, -0.05) is 76.6 Å². The Hall–Kier alpha value is -2.42. The van der Waals surface area contributed by atoms with Crippen molar-refractivity contribution in [1.82, 2.24) is 5.43 Å². The van der Waals surface area contributed by atoms with Gasteiger partial charge in [0.05, 0.1) is 5.71 Å². The second-order valence-electron chi connectivity index (χ2n) is 7.30. The standard InChI is InChI=1S/C22H28N2O/c1-5-6-12-20(17-10-8-7-9-11-17)23-24-21(25)18-13-15-19(16-14-18)22(2,3)4/h7-11,13-16H,5-6,12H2,1-4H3,(H,24,25)/b23-20+. The van der Waals surface area contributed by atoms with E-state index in [0.717, 1.165) is 30.5 Å². The van der Waals surface area contributed by atoms with Crippen molar-refractivity contribution in [2.24, 2.45) is 5.10 Å². The maximum Gasteiger partial charge on any atom is 0.271 e. The molecule has 3 heteroatoms. The third-order valence-electron chi connectivity index (χ3n) is 4.18. The number of hydrogen-bond donors (Lipinski definition) is 1. The van der Waals surface area contributed by atoms with Crippen LogP contribution in [0.5, 0.6) is 0 Å². The van der Waals surface area contributed by atoms with E-state index in [-0.39, 0.29) is 11.3 Å². The van der Waals surface area contributed by atoms with Gasteiger partial charge in [-0.15, -0.1) is 0 Å². The second kappa shape index (κ2) is 8.61. The van der Waals surface area contributed by atoms with Gasteiger partial charge in [-0.05, 0) is 41.5 Å². The Kier molecular flexibility index (Phi) is 6.51. The van der Waals surface area contributed by atoms with Gasteiger partial charge in [0.25, 0.3) is 5.91 Å². The van der Waals surface area contributed by atoms with Crippen LogP contribution in [0.4, 0.5) is 0 Å². The molecule has 2 aromatic carbocycles. The first-order valence-corrected chi connectivity index (χ1v) is 8.94. The molecule has 3 nitrogen and oxygen atoms in total. The Labute approximate surface area is 151 Å². The summed E-state index contributed by atoms with van der Waals surface area (Å²) in [6.07, 6.45) is 2.99. The minimum absolute atomic E-state index is 0.0772. The molecule has 0 heterocycles. The molecule has 0 aliphatic carbocycles. The van der Waals surface area contributed by atoms with Crippen LogP contribution in [0.3, 0.4) is 0 Å². The van der Waals surface area contributed by atoms with Crippen LogP contribution in [0.15, 0.2) is 59.7 Å². The molecule has 0 bridgehead atoms. The molecule has 0 aliphatic rings. The zero-order chi connectivity index (χ0) is 18.3. The topological polar surface area (TPSA) is 41.5 Å². The average molecular weight is 336 g/mol. The second-order valence-corrected chi connectivity index (χ2v) is 7.30. The number of unbranched alkanes of at least 4 members (excludes halogenated alkanes) is 1. The van der Waals surface area contributed by atoms with Gasteiger partial charge < -0.3 is 0 Å². The fraction of sp³-hybridized carbons (Fsp3) is 0.364. The van der Waals surface area contributed by atoms with Crippen LogP contribution in [0.25, 0.3) is 0 Å². The van der Waals surface area contributed by atoms with E-state index in [1.54, 1.807) is 0 Å². The fourth-order valence-electron chi connectivity index (χ4n) is 2.54. The lowest BCUT2D eigenvalue weighted by molar-refractivity contribution is 0.0954. The van der Waals surface area contributed by atoms with Gasteiger partial charge in [0.1, 0.15) is 0 Å². The third-order valence-corrected chi connectivity index (χ3v) is 4.18. The van der Waals surface area contributed by atoms with Crippen LogP contribution >= 0.6 is 0 Å². The lowest BCUT2D eigenvalue weighted by atomic mass is 9.87. The summed E-state index contributed by atoms with van der Waals surface area (Å²) in [6, 6.07) is 17.8. The van der Waals surface area contributed by atoms with Gasteiger partial charge in [-0.2, -0.15) is 5.10 Å². The fourth-order valence-corrected chi connectivity index (χ4v) is 2.54. The van der Waals surface area contributed by atoms with Crippen molar-refractivity contribution in [2.75, 3.05) is 0 Å². The van der Waals surface area contributed by atoms with E-state index in [2.05, 4.69) is 38.2 Å². The summed E-state index contributed by atoms with van der Waals surface area (Å²) >= 11 is 0. The predicted octanol–water partition coefficient (Wildman–Crippen LogP) is 5.31. The SMILES string of the molecule is CCCC/C(=N\NC(=O)c1ccc(C(C)(C)C)cc1)c1ccccc1. The minimum atomic E-state index is -0.176. The Bertz CT molecular complexity index is 710. The number of benzene rings is 2. The molecule has 1 N–H and O–H groups in total. The lowest BCUT2D eigenvalue weighted by Crippen LogP contribution is -2.20. The van der Waals surface area contributed by atoms with E-state index >= 15 is 0 Å². The molecule has 0 aromatic heterocycles. The minimum Gasteiger partial charge on any atom is -0.267 e. The first-order valence-electron chi connectivity index (χ1n) is 8.94. The maximum absolute atomic E-state index is 12.4. The first kappa shape index (κ1) is 18.9. The van der Waals surface area contributed by atoms with Crippen molar-refractivity contribution in [2.45, 2.75) is 52.4 Å². The summed E-state index contributed by atoms with van der Waals surface area (Å²) in [4.78, 5) is 12.4. The Morgan fingerprint density at radius 2 is 1.60 bits per heavy atom. The van der Waals surface area contributed by atoms with Crippen LogP contribution in [-0.4, -0.2) is 11.6 Å². The van der Waals surface area contributed by atoms with Crippen molar-refractivity contribution in [3.8, 4) is 0 Å². The molecule has 2 rings (SSSR count). The molecule has 25 heavy (non-hydrogen) atoms. The van der Waals surface area contributed by atoms with Gasteiger partial charge >= 0.3 is 0 Å². The largest absolute Gasteiger partial charge is 0.271 e. The van der Waals surface area contributed by atoms with E-state index in [9.17, 15) is 4.79 Å². The summed E-state index contributed by atoms with van der Waals surface area (Å²) in [5, 5.41) is 4.40. The lowest BCUT2D eigenvalue weighted by Gasteiger charge is -2.18. The molecule has 0 spiro atoms. The zero-order valence-corrected chi connectivity index (χ0v) is 15.7. The molecular formula is C22H28N2O. The number of carbonyl (C=O) groups is 1. The summed E-state index contributed by atoms with van der Waals surface area (Å²) in [5.74, 6) is -0.176. The van der Waals surface area contributed by atoms with Crippen LogP contribution in [0.1, 0.15) is 68.4 Å². The highest BCUT2D eigenvalue weighted by molar-refractivity contribution is 6.02. The van der Waals surface area contributed by atoms with E-state index in [1.165, 1.54) is 5.56 Å². The first-order chi connectivity index (χ1) is 11.9. The van der Waals surface area contributed by atoms with Crippen LogP contribution in [0.2, 0.25) is 0 Å². The number of hydrogen-bond acceptors (Lipinski definition) is 2. The number of nitrogens with zero attached hydrogens (tertiary/aromatic N) is 1. The number of nitrogens with one attached hydrogen (secondary N) is 1. The van der Waals surface area contributed by atoms with Crippen molar-refractivity contribution in [3.05, 3.63) is 71.3 Å². The van der Waals surface area contributed by atoms with Crippen molar-refractivity contribution >= 4 is 11.6 Å². The predicted molar refractivity (Wildman–Crippen MR) is 105 cm³/mol. The summed E-state index contributed by atoms with van der Waals surface area (Å²) < 4.78 is 0. The molecule has 0 atom stereocenters. The van der Waals surface area contributed by atoms with Gasteiger partial charge in [0.15, 0.2) is 0 Å². The number of carbonyl (C=O) groups excluding carboxylic acids is 1. The van der Waals surface area contributed by atoms with Crippen molar-refractivity contribution in [1.29, 1.82) is 0 Å². The van der Waals surface area contributed by atoms with Crippen LogP contribution in [-0.2, 0) is 5.41 Å². The van der Waals surface area contributed by atoms with Gasteiger partial charge in [-0.3, -0.25) is 4.79 Å². The molecule has 0 saturated heterocycles. The smallest absolute Gasteiger partial charge is 0.267 e. The molecule has 1 amide bonds. The van der Waals surface area contributed by atoms with Crippen LogP contribution < -0.4 is 5.43 Å². The van der Waals surface area contributed by atoms with Crippen molar-refractivity contribution < 1.29 is 4.79 Å². The average Bonchev–Trinajstić information content (AvgIpc) is 2.61. The maximum atomic E-state index is 12.4. The normalized spacial score (nSPS) is 12.1. The summed E-state index contributed by atoms with van der Waals surface area (Å²) in [5.41, 5.74) is 6.60. The molecule has 0 radical (unpaired) electrons. The van der Waals surface area contributed by atoms with Crippen LogP contribution in [0, 0.1) is 0 Å². The van der Waals surface area contributed by atoms with E-state index in [1.807, 2.05) is 54.6 Å². The van der Waals surface area contributed by atoms with Crippen molar-refractivity contribution in [3.63, 3.8) is 0 Å². The Morgan fingerprint density at radius 1 is 0.960 bits per heavy atom. The van der Waals surface area contributed by atoms with Gasteiger partial charge in [0, 0.05) is 5.56 Å². The highest BCUT2D eigenvalue weighted by atomic mass is 16.2. The Balaban J connectivity index is 2.12. The molecular weight excluding hydrogens is 308 g/mol. The molecule has 0 aliphatic heterocycles. The Morgan fingerprint density at radius 3 is 2.16 bits per heavy atom. The van der Waals surface area contributed by atoms with E-state index in [4.69, 9.17) is 0 Å². The number of rotatable bonds is 6. The molecule has 0 fully saturated rings. The highest BCUT2D eigenvalue weighted by Gasteiger charge is 2.14. The van der Waals surface area contributed by atoms with E-state index in [0.29, 0.717) is 5.56 Å². The molecule has 132 valence electrons. The molecule has 2 aromatic rings. The highest BCUT2D eigenvalue weighted by Crippen LogP contribution is 2.22.